The molecule has 0 bridgehead atoms. The predicted molar refractivity (Wildman–Crippen MR) is 202 cm³/mol. The summed E-state index contributed by atoms with van der Waals surface area (Å²) < 4.78 is 0. The molecule has 2 saturated heterocycles. The van der Waals surface area contributed by atoms with Gasteiger partial charge in [0.15, 0.2) is 0 Å². The van der Waals surface area contributed by atoms with Crippen molar-refractivity contribution in [1.82, 2.24) is 40.5 Å². The maximum atomic E-state index is 4.79. The minimum absolute atomic E-state index is 0.492. The molecule has 50 heavy (non-hydrogen) atoms. The van der Waals surface area contributed by atoms with Gasteiger partial charge in [-0.3, -0.25) is 0 Å². The van der Waals surface area contributed by atoms with Crippen molar-refractivity contribution in [3.63, 3.8) is 0 Å². The van der Waals surface area contributed by atoms with Crippen molar-refractivity contribution >= 4 is 59.0 Å². The first-order valence-electron chi connectivity index (χ1n) is 17.1. The maximum Gasteiger partial charge on any atom is 0.233 e. The summed E-state index contributed by atoms with van der Waals surface area (Å²) in [5.41, 5.74) is 7.29. The van der Waals surface area contributed by atoms with Crippen molar-refractivity contribution in [3.8, 4) is 0 Å². The zero-order valence-electron chi connectivity index (χ0n) is 28.7. The van der Waals surface area contributed by atoms with Gasteiger partial charge in [-0.25, -0.2) is 0 Å². The van der Waals surface area contributed by atoms with Gasteiger partial charge < -0.3 is 36.4 Å². The van der Waals surface area contributed by atoms with Crippen molar-refractivity contribution in [2.45, 2.75) is 20.8 Å². The number of aryl methyl sites for hydroxylation is 3. The number of hydrogen-bond donors (Lipinski definition) is 5. The zero-order valence-corrected chi connectivity index (χ0v) is 28.7. The van der Waals surface area contributed by atoms with E-state index in [1.165, 1.54) is 0 Å². The fraction of sp³-hybridized carbons (Fsp3) is 0.297. The van der Waals surface area contributed by atoms with Crippen LogP contribution in [-0.2, 0) is 0 Å². The summed E-state index contributed by atoms with van der Waals surface area (Å²) in [7, 11) is 0. The van der Waals surface area contributed by atoms with E-state index in [2.05, 4.69) is 109 Å². The second kappa shape index (κ2) is 15.3. The topological polar surface area (TPSA) is 144 Å². The lowest BCUT2D eigenvalue weighted by atomic mass is 10.0. The summed E-state index contributed by atoms with van der Waals surface area (Å²) in [4.78, 5) is 32.4. The van der Waals surface area contributed by atoms with E-state index >= 15 is 0 Å². The van der Waals surface area contributed by atoms with E-state index in [-0.39, 0.29) is 0 Å². The van der Waals surface area contributed by atoms with E-state index in [0.29, 0.717) is 35.6 Å². The van der Waals surface area contributed by atoms with Crippen LogP contribution in [0.3, 0.4) is 0 Å². The van der Waals surface area contributed by atoms with Crippen LogP contribution in [0, 0.1) is 20.8 Å². The van der Waals surface area contributed by atoms with E-state index < -0.39 is 0 Å². The Kier molecular flexibility index (Phi) is 10.0. The number of benzene rings is 3. The number of aromatic nitrogens is 6. The SMILES string of the molecule is Cc1nc(Nc2ccc(C=Cc3ccc(Nc4nc(Nc5ccccc5)nc(N5CCNCC5)n4)cc3C)c(C)c2)nc(N2CCNCC2)n1. The maximum absolute atomic E-state index is 4.79. The van der Waals surface area contributed by atoms with Crippen LogP contribution in [0.1, 0.15) is 28.1 Å². The van der Waals surface area contributed by atoms with Crippen molar-refractivity contribution in [2.75, 3.05) is 78.1 Å². The highest BCUT2D eigenvalue weighted by molar-refractivity contribution is 5.75. The van der Waals surface area contributed by atoms with E-state index in [9.17, 15) is 0 Å². The number of para-hydroxylation sites is 1. The lowest BCUT2D eigenvalue weighted by Gasteiger charge is -2.27. The van der Waals surface area contributed by atoms with Crippen LogP contribution >= 0.6 is 0 Å². The lowest BCUT2D eigenvalue weighted by Crippen LogP contribution is -2.44. The van der Waals surface area contributed by atoms with Gasteiger partial charge in [0.05, 0.1) is 0 Å². The summed E-state index contributed by atoms with van der Waals surface area (Å²) in [5, 5.41) is 16.9. The van der Waals surface area contributed by atoms with Gasteiger partial charge in [0.2, 0.25) is 29.7 Å². The van der Waals surface area contributed by atoms with Gasteiger partial charge in [0, 0.05) is 69.4 Å². The van der Waals surface area contributed by atoms with Gasteiger partial charge in [-0.15, -0.1) is 0 Å². The highest BCUT2D eigenvalue weighted by Crippen LogP contribution is 2.25. The Bertz CT molecular complexity index is 1950. The molecule has 7 rings (SSSR count). The van der Waals surface area contributed by atoms with Crippen molar-refractivity contribution in [2.24, 2.45) is 0 Å². The molecular formula is C37H43N13. The highest BCUT2D eigenvalue weighted by atomic mass is 15.3. The van der Waals surface area contributed by atoms with E-state index in [1.807, 2.05) is 37.3 Å². The van der Waals surface area contributed by atoms with Gasteiger partial charge in [-0.2, -0.15) is 29.9 Å². The lowest BCUT2D eigenvalue weighted by molar-refractivity contribution is 0.578. The van der Waals surface area contributed by atoms with E-state index in [4.69, 9.17) is 19.9 Å². The zero-order chi connectivity index (χ0) is 34.3. The molecule has 0 aliphatic carbocycles. The first kappa shape index (κ1) is 32.9. The normalized spacial score (nSPS) is 14.9. The Hall–Kier alpha value is -5.66. The molecule has 0 unspecified atom stereocenters. The molecule has 2 fully saturated rings. The van der Waals surface area contributed by atoms with Crippen LogP contribution < -0.4 is 36.4 Å². The van der Waals surface area contributed by atoms with Crippen LogP contribution in [0.2, 0.25) is 0 Å². The third kappa shape index (κ3) is 8.31. The molecule has 0 atom stereocenters. The first-order chi connectivity index (χ1) is 24.4. The quantitative estimate of drug-likeness (QED) is 0.124. The molecule has 2 aliphatic rings. The number of piperazine rings is 2. The molecule has 0 amide bonds. The van der Waals surface area contributed by atoms with Gasteiger partial charge in [-0.05, 0) is 79.4 Å². The van der Waals surface area contributed by atoms with E-state index in [0.717, 1.165) is 91.7 Å². The van der Waals surface area contributed by atoms with Gasteiger partial charge in [-0.1, -0.05) is 42.5 Å². The fourth-order valence-electron chi connectivity index (χ4n) is 5.98. The smallest absolute Gasteiger partial charge is 0.233 e. The molecule has 5 aromatic rings. The number of nitrogens with one attached hydrogen (secondary N) is 5. The number of rotatable bonds is 10. The van der Waals surface area contributed by atoms with Crippen LogP contribution in [0.15, 0.2) is 66.7 Å². The molecule has 2 aliphatic heterocycles. The first-order valence-corrected chi connectivity index (χ1v) is 17.1. The molecule has 3 aromatic carbocycles. The highest BCUT2D eigenvalue weighted by Gasteiger charge is 2.17. The molecule has 2 aromatic heterocycles. The largest absolute Gasteiger partial charge is 0.338 e. The number of anilines is 8. The summed E-state index contributed by atoms with van der Waals surface area (Å²) in [6.07, 6.45) is 4.30. The minimum atomic E-state index is 0.492. The molecular weight excluding hydrogens is 626 g/mol. The van der Waals surface area contributed by atoms with Crippen molar-refractivity contribution in [3.05, 3.63) is 94.8 Å². The van der Waals surface area contributed by atoms with Gasteiger partial charge in [0.1, 0.15) is 5.82 Å². The van der Waals surface area contributed by atoms with Crippen LogP contribution in [0.5, 0.6) is 0 Å². The summed E-state index contributed by atoms with van der Waals surface area (Å²) in [6, 6.07) is 22.5. The molecule has 256 valence electrons. The Morgan fingerprint density at radius 2 is 0.980 bits per heavy atom. The standard InChI is InChI=1S/C37H43N13/c1-25-23-31(43-33-40-27(3)41-36(46-33)49-19-15-38-16-20-49)13-11-28(25)9-10-29-12-14-32(24-26(29)2)44-35-45-34(42-30-7-5-4-6-8-30)47-37(48-35)50-21-17-39-18-22-50/h4-14,23-24,38-39H,15-22H2,1-3H3,(H,40,41,43,46)(H2,42,44,45,47,48). The summed E-state index contributed by atoms with van der Waals surface area (Å²) in [5.74, 6) is 3.61. The summed E-state index contributed by atoms with van der Waals surface area (Å²) >= 11 is 0. The van der Waals surface area contributed by atoms with Crippen molar-refractivity contribution in [1.29, 1.82) is 0 Å². The Morgan fingerprint density at radius 3 is 1.48 bits per heavy atom. The molecule has 4 heterocycles. The van der Waals surface area contributed by atoms with Crippen LogP contribution in [0.4, 0.5) is 46.8 Å². The Labute approximate surface area is 292 Å². The van der Waals surface area contributed by atoms with Crippen molar-refractivity contribution < 1.29 is 0 Å². The second-order valence-electron chi connectivity index (χ2n) is 12.5. The fourth-order valence-corrected chi connectivity index (χ4v) is 5.98. The van der Waals surface area contributed by atoms with Crippen LogP contribution in [0.25, 0.3) is 12.2 Å². The molecule has 13 nitrogen and oxygen atoms in total. The Morgan fingerprint density at radius 1 is 0.520 bits per heavy atom. The average Bonchev–Trinajstić information content (AvgIpc) is 3.13. The second-order valence-corrected chi connectivity index (χ2v) is 12.5. The Balaban J connectivity index is 1.04. The minimum Gasteiger partial charge on any atom is -0.338 e. The molecule has 0 spiro atoms. The molecule has 5 N–H and O–H groups in total. The van der Waals surface area contributed by atoms with E-state index in [1.54, 1.807) is 0 Å². The third-order valence-corrected chi connectivity index (χ3v) is 8.68. The number of hydrogen-bond acceptors (Lipinski definition) is 13. The van der Waals surface area contributed by atoms with Crippen LogP contribution in [-0.4, -0.2) is 82.3 Å². The van der Waals surface area contributed by atoms with Gasteiger partial charge >= 0.3 is 0 Å². The monoisotopic (exact) mass is 669 g/mol. The molecule has 0 radical (unpaired) electrons. The molecule has 13 heteroatoms. The average molecular weight is 670 g/mol. The number of nitrogens with zero attached hydrogens (tertiary/aromatic N) is 8. The predicted octanol–water partition coefficient (Wildman–Crippen LogP) is 5.20. The third-order valence-electron chi connectivity index (χ3n) is 8.68. The van der Waals surface area contributed by atoms with Gasteiger partial charge in [0.25, 0.3) is 0 Å². The molecule has 0 saturated carbocycles. The summed E-state index contributed by atoms with van der Waals surface area (Å²) in [6.45, 7) is 13.2.